The van der Waals surface area contributed by atoms with E-state index in [1.807, 2.05) is 65.0 Å². The third kappa shape index (κ3) is 17.9. The monoisotopic (exact) mass is 407 g/mol. The van der Waals surface area contributed by atoms with Crippen molar-refractivity contribution in [3.8, 4) is 6.07 Å². The van der Waals surface area contributed by atoms with E-state index in [9.17, 15) is 4.39 Å². The number of nitriles is 1. The minimum Gasteiger partial charge on any atom is -0.400 e. The second-order valence-electron chi connectivity index (χ2n) is 6.89. The molecule has 0 spiro atoms. The highest BCUT2D eigenvalue weighted by Gasteiger charge is 2.51. The van der Waals surface area contributed by atoms with Crippen LogP contribution in [-0.4, -0.2) is 25.5 Å². The number of rotatable bonds is 3. The van der Waals surface area contributed by atoms with Crippen LogP contribution in [0.4, 0.5) is 4.39 Å². The smallest absolute Gasteiger partial charge is 0.400 e. The van der Waals surface area contributed by atoms with E-state index in [-0.39, 0.29) is 18.3 Å². The van der Waals surface area contributed by atoms with Crippen LogP contribution in [0.2, 0.25) is 0 Å². The quantitative estimate of drug-likeness (QED) is 0.275. The van der Waals surface area contributed by atoms with Crippen LogP contribution in [0.15, 0.2) is 60.7 Å². The van der Waals surface area contributed by atoms with Gasteiger partial charge >= 0.3 is 7.12 Å². The number of hydrogen-bond acceptors (Lipinski definition) is 3. The molecule has 1 saturated heterocycles. The second-order valence-corrected chi connectivity index (χ2v) is 6.89. The van der Waals surface area contributed by atoms with Crippen LogP contribution in [0.1, 0.15) is 69.2 Å². The Kier molecular flexibility index (Phi) is 24.9. The van der Waals surface area contributed by atoms with Crippen molar-refractivity contribution in [1.82, 2.24) is 0 Å². The van der Waals surface area contributed by atoms with Crippen molar-refractivity contribution in [3.05, 3.63) is 60.7 Å². The van der Waals surface area contributed by atoms with Crippen molar-refractivity contribution in [2.75, 3.05) is 7.18 Å². The summed E-state index contributed by atoms with van der Waals surface area (Å²) >= 11 is 0. The molecule has 0 aromatic carbocycles. The molecule has 1 fully saturated rings. The average Bonchev–Trinajstić information content (AvgIpc) is 2.90. The molecular weight excluding hydrogens is 364 g/mol. The lowest BCUT2D eigenvalue weighted by Crippen LogP contribution is -2.41. The molecule has 166 valence electrons. The zero-order chi connectivity index (χ0) is 24.1. The number of hydrogen-bond donors (Lipinski definition) is 0. The van der Waals surface area contributed by atoms with Gasteiger partial charge in [-0.05, 0) is 67.8 Å². The number of halogens is 1. The first-order chi connectivity index (χ1) is 13.4. The summed E-state index contributed by atoms with van der Waals surface area (Å²) in [5, 5.41) is 7.32. The SMILES string of the molecule is C/C=C(\C)B1OC(C)(C)C(C)(C)O1.C=C/C(C)=C\C=C/C.C=CC.CC#N.CF. The van der Waals surface area contributed by atoms with E-state index in [1.165, 1.54) is 12.5 Å². The molecule has 0 aromatic rings. The molecule has 1 heterocycles. The summed E-state index contributed by atoms with van der Waals surface area (Å²) in [4.78, 5) is 0. The first-order valence-corrected chi connectivity index (χ1v) is 9.60. The van der Waals surface area contributed by atoms with Crippen LogP contribution in [0.25, 0.3) is 0 Å². The maximum absolute atomic E-state index is 9.50. The van der Waals surface area contributed by atoms with Crippen LogP contribution in [0.5, 0.6) is 0 Å². The molecule has 29 heavy (non-hydrogen) atoms. The van der Waals surface area contributed by atoms with Crippen molar-refractivity contribution in [3.63, 3.8) is 0 Å². The molecule has 1 rings (SSSR count). The highest BCUT2D eigenvalue weighted by Crippen LogP contribution is 2.38. The van der Waals surface area contributed by atoms with Crippen molar-refractivity contribution >= 4 is 7.12 Å². The van der Waals surface area contributed by atoms with Crippen molar-refractivity contribution < 1.29 is 13.7 Å². The molecular formula is C24H43BFNO2. The van der Waals surface area contributed by atoms with E-state index in [4.69, 9.17) is 14.6 Å². The van der Waals surface area contributed by atoms with Crippen molar-refractivity contribution in [2.45, 2.75) is 80.4 Å². The number of nitrogens with zero attached hydrogens (tertiary/aromatic N) is 1. The van der Waals surface area contributed by atoms with Gasteiger partial charge in [0.15, 0.2) is 0 Å². The van der Waals surface area contributed by atoms with Gasteiger partial charge in [0.2, 0.25) is 0 Å². The van der Waals surface area contributed by atoms with Gasteiger partial charge in [-0.1, -0.05) is 48.6 Å². The number of allylic oxidation sites excluding steroid dienone is 8. The lowest BCUT2D eigenvalue weighted by atomic mass is 9.79. The normalized spacial score (nSPS) is 16.3. The molecule has 0 aliphatic carbocycles. The molecule has 0 radical (unpaired) electrons. The summed E-state index contributed by atoms with van der Waals surface area (Å²) in [6.45, 7) is 26.6. The Hall–Kier alpha value is -1.90. The molecule has 0 aromatic heterocycles. The standard InChI is InChI=1S/C10H19BO2.C8H12.C3H6.C2H3N.CH3F/c1-7-8(2)11-12-9(3,4)10(5,6)13-11;1-4-6-7-8(3)5-2;1-3-2;1-2-3;1-2/h7H,1-6H3;4-7H,2H2,1,3H3;3H,1H2,2H3;1H3;1H3/b8-7+;6-4-,8-7-;;;. The van der Waals surface area contributed by atoms with E-state index in [0.29, 0.717) is 7.18 Å². The maximum Gasteiger partial charge on any atom is 0.489 e. The van der Waals surface area contributed by atoms with E-state index < -0.39 is 0 Å². The average molecular weight is 407 g/mol. The summed E-state index contributed by atoms with van der Waals surface area (Å²) in [5.41, 5.74) is 1.89. The van der Waals surface area contributed by atoms with Gasteiger partial charge in [-0.25, -0.2) is 0 Å². The van der Waals surface area contributed by atoms with Crippen LogP contribution < -0.4 is 0 Å². The van der Waals surface area contributed by atoms with Crippen molar-refractivity contribution in [2.24, 2.45) is 0 Å². The fourth-order valence-corrected chi connectivity index (χ4v) is 1.48. The molecule has 0 bridgehead atoms. The van der Waals surface area contributed by atoms with Gasteiger partial charge in [-0.2, -0.15) is 5.26 Å². The Bertz CT molecular complexity index is 540. The van der Waals surface area contributed by atoms with Gasteiger partial charge in [-0.15, -0.1) is 6.58 Å². The molecule has 0 saturated carbocycles. The fourth-order valence-electron chi connectivity index (χ4n) is 1.48. The van der Waals surface area contributed by atoms with Crippen LogP contribution in [0, 0.1) is 11.3 Å². The molecule has 0 N–H and O–H groups in total. The van der Waals surface area contributed by atoms with E-state index in [0.717, 1.165) is 5.47 Å². The molecule has 3 nitrogen and oxygen atoms in total. The fraction of sp³-hybridized carbons (Fsp3) is 0.542. The van der Waals surface area contributed by atoms with E-state index in [1.54, 1.807) is 12.1 Å². The van der Waals surface area contributed by atoms with Crippen LogP contribution in [0.3, 0.4) is 0 Å². The van der Waals surface area contributed by atoms with E-state index in [2.05, 4.69) is 40.9 Å². The molecule has 0 atom stereocenters. The summed E-state index contributed by atoms with van der Waals surface area (Å²) in [6.07, 6.45) is 11.6. The Morgan fingerprint density at radius 1 is 1.00 bits per heavy atom. The zero-order valence-electron chi connectivity index (χ0n) is 20.6. The van der Waals surface area contributed by atoms with Crippen molar-refractivity contribution in [1.29, 1.82) is 5.26 Å². The lowest BCUT2D eigenvalue weighted by molar-refractivity contribution is 0.00578. The van der Waals surface area contributed by atoms with Gasteiger partial charge in [0.1, 0.15) is 0 Å². The maximum atomic E-state index is 9.50. The van der Waals surface area contributed by atoms with Gasteiger partial charge in [0.25, 0.3) is 0 Å². The summed E-state index contributed by atoms with van der Waals surface area (Å²) in [5.74, 6) is 0. The Labute approximate surface area is 180 Å². The molecule has 5 heteroatoms. The first kappa shape index (κ1) is 34.6. The molecule has 0 unspecified atom stereocenters. The third-order valence-electron chi connectivity index (χ3n) is 3.95. The molecule has 0 amide bonds. The van der Waals surface area contributed by atoms with Crippen LogP contribution >= 0.6 is 0 Å². The van der Waals surface area contributed by atoms with Gasteiger partial charge in [0.05, 0.1) is 24.4 Å². The predicted molar refractivity (Wildman–Crippen MR) is 128 cm³/mol. The highest BCUT2D eigenvalue weighted by atomic mass is 19.1. The minimum absolute atomic E-state index is 0.171. The molecule has 1 aliphatic rings. The topological polar surface area (TPSA) is 42.2 Å². The van der Waals surface area contributed by atoms with Gasteiger partial charge in [-0.3, -0.25) is 4.39 Å². The lowest BCUT2D eigenvalue weighted by Gasteiger charge is -2.32. The summed E-state index contributed by atoms with van der Waals surface area (Å²) in [6, 6.07) is 1.75. The zero-order valence-corrected chi connectivity index (χ0v) is 20.6. The Morgan fingerprint density at radius 2 is 1.34 bits per heavy atom. The highest BCUT2D eigenvalue weighted by molar-refractivity contribution is 6.54. The predicted octanol–water partition coefficient (Wildman–Crippen LogP) is 7.59. The van der Waals surface area contributed by atoms with Crippen LogP contribution in [-0.2, 0) is 9.31 Å². The largest absolute Gasteiger partial charge is 0.489 e. The first-order valence-electron chi connectivity index (χ1n) is 9.60. The third-order valence-corrected chi connectivity index (χ3v) is 3.95. The summed E-state index contributed by atoms with van der Waals surface area (Å²) in [7, 11) is 0.329. The number of alkyl halides is 1. The Morgan fingerprint density at radius 3 is 1.59 bits per heavy atom. The Balaban J connectivity index is -0.000000167. The van der Waals surface area contributed by atoms with Gasteiger partial charge < -0.3 is 9.31 Å². The summed E-state index contributed by atoms with van der Waals surface area (Å²) < 4.78 is 21.2. The van der Waals surface area contributed by atoms with Gasteiger partial charge in [0, 0.05) is 6.92 Å². The second kappa shape index (κ2) is 20.8. The van der Waals surface area contributed by atoms with E-state index >= 15 is 0 Å². The minimum atomic E-state index is -0.220. The molecule has 1 aliphatic heterocycles.